The van der Waals surface area contributed by atoms with Gasteiger partial charge in [-0.05, 0) is 52.1 Å². The summed E-state index contributed by atoms with van der Waals surface area (Å²) in [6, 6.07) is 0.347. The lowest BCUT2D eigenvalue weighted by Gasteiger charge is -2.23. The van der Waals surface area contributed by atoms with E-state index in [9.17, 15) is 4.79 Å². The predicted molar refractivity (Wildman–Crippen MR) is 98.3 cm³/mol. The Labute approximate surface area is 155 Å². The molecule has 0 radical (unpaired) electrons. The zero-order chi connectivity index (χ0) is 16.8. The topological polar surface area (TPSA) is 81.1 Å². The van der Waals surface area contributed by atoms with Gasteiger partial charge in [0.05, 0.1) is 17.8 Å². The van der Waals surface area contributed by atoms with Gasteiger partial charge in [0, 0.05) is 13.2 Å². The highest BCUT2D eigenvalue weighted by molar-refractivity contribution is 5.93. The highest BCUT2D eigenvalue weighted by Gasteiger charge is 2.22. The molecule has 2 aliphatic rings. The van der Waals surface area contributed by atoms with Crippen LogP contribution < -0.4 is 10.6 Å². The molecule has 0 spiro atoms. The van der Waals surface area contributed by atoms with Gasteiger partial charge in [0.25, 0.3) is 5.91 Å². The second kappa shape index (κ2) is 10.1. The third-order valence-corrected chi connectivity index (χ3v) is 5.06. The fraction of sp³-hybridized carbons (Fsp3) is 0.824. The number of carbonyl (C=O) groups is 1. The van der Waals surface area contributed by atoms with E-state index in [4.69, 9.17) is 4.74 Å². The Kier molecular flexibility index (Phi) is 8.12. The highest BCUT2D eigenvalue weighted by Crippen LogP contribution is 2.21. The predicted octanol–water partition coefficient (Wildman–Crippen LogP) is 2.01. The number of halogens is 1. The number of hydrogen-bond donors (Lipinski definition) is 2. The van der Waals surface area contributed by atoms with Crippen LogP contribution in [0.1, 0.15) is 67.2 Å². The van der Waals surface area contributed by atoms with Crippen LogP contribution in [0, 0.1) is 6.92 Å². The number of nitrogens with one attached hydrogen (secondary N) is 2. The molecule has 1 aliphatic carbocycles. The SMILES string of the molecule is Cc1c(C(=O)NCCCOC2CCCC2)nnn1C1CCNCC1.Cl. The monoisotopic (exact) mass is 371 g/mol. The number of piperidine rings is 1. The fourth-order valence-corrected chi connectivity index (χ4v) is 3.61. The zero-order valence-corrected chi connectivity index (χ0v) is 15.8. The number of rotatable bonds is 7. The Balaban J connectivity index is 0.00000225. The molecule has 2 N–H and O–H groups in total. The van der Waals surface area contributed by atoms with Crippen LogP contribution in [0.5, 0.6) is 0 Å². The van der Waals surface area contributed by atoms with E-state index in [1.807, 2.05) is 11.6 Å². The van der Waals surface area contributed by atoms with Gasteiger partial charge < -0.3 is 15.4 Å². The Morgan fingerprint density at radius 1 is 1.28 bits per heavy atom. The van der Waals surface area contributed by atoms with Gasteiger partial charge in [0.2, 0.25) is 0 Å². The maximum atomic E-state index is 12.3. The van der Waals surface area contributed by atoms with Crippen LogP contribution in [0.3, 0.4) is 0 Å². The van der Waals surface area contributed by atoms with Crippen molar-refractivity contribution in [2.75, 3.05) is 26.2 Å². The number of amides is 1. The van der Waals surface area contributed by atoms with Gasteiger partial charge in [-0.3, -0.25) is 4.79 Å². The molecule has 1 aromatic rings. The first-order chi connectivity index (χ1) is 11.8. The Hall–Kier alpha value is -1.18. The lowest BCUT2D eigenvalue weighted by molar-refractivity contribution is 0.0565. The first kappa shape index (κ1) is 20.1. The van der Waals surface area contributed by atoms with Crippen molar-refractivity contribution in [2.45, 2.75) is 64.0 Å². The fourth-order valence-electron chi connectivity index (χ4n) is 3.61. The summed E-state index contributed by atoms with van der Waals surface area (Å²) in [7, 11) is 0. The molecular weight excluding hydrogens is 342 g/mol. The Morgan fingerprint density at radius 2 is 2.00 bits per heavy atom. The van der Waals surface area contributed by atoms with E-state index < -0.39 is 0 Å². The van der Waals surface area contributed by atoms with Gasteiger partial charge >= 0.3 is 0 Å². The van der Waals surface area contributed by atoms with Gasteiger partial charge in [0.15, 0.2) is 5.69 Å². The second-order valence-electron chi connectivity index (χ2n) is 6.84. The zero-order valence-electron chi connectivity index (χ0n) is 15.0. The van der Waals surface area contributed by atoms with Crippen molar-refractivity contribution < 1.29 is 9.53 Å². The third kappa shape index (κ3) is 5.39. The smallest absolute Gasteiger partial charge is 0.273 e. The van der Waals surface area contributed by atoms with Crippen molar-refractivity contribution in [3.05, 3.63) is 11.4 Å². The maximum Gasteiger partial charge on any atom is 0.273 e. The van der Waals surface area contributed by atoms with Crippen LogP contribution in [-0.4, -0.2) is 53.2 Å². The molecule has 3 rings (SSSR count). The molecule has 0 atom stereocenters. The molecule has 2 heterocycles. The minimum atomic E-state index is -0.131. The summed E-state index contributed by atoms with van der Waals surface area (Å²) in [5.41, 5.74) is 1.31. The van der Waals surface area contributed by atoms with Crippen molar-refractivity contribution in [2.24, 2.45) is 0 Å². The number of carbonyl (C=O) groups excluding carboxylic acids is 1. The first-order valence-corrected chi connectivity index (χ1v) is 9.28. The molecule has 8 heteroatoms. The first-order valence-electron chi connectivity index (χ1n) is 9.28. The van der Waals surface area contributed by atoms with Gasteiger partial charge in [0.1, 0.15) is 0 Å². The minimum absolute atomic E-state index is 0. The summed E-state index contributed by atoms with van der Waals surface area (Å²) in [5.74, 6) is -0.131. The van der Waals surface area contributed by atoms with E-state index in [1.54, 1.807) is 0 Å². The van der Waals surface area contributed by atoms with Crippen molar-refractivity contribution >= 4 is 18.3 Å². The molecule has 0 unspecified atom stereocenters. The number of hydrogen-bond acceptors (Lipinski definition) is 5. The van der Waals surface area contributed by atoms with E-state index in [2.05, 4.69) is 20.9 Å². The van der Waals surface area contributed by atoms with Crippen LogP contribution in [0.25, 0.3) is 0 Å². The Bertz CT molecular complexity index is 539. The molecule has 2 fully saturated rings. The molecule has 0 bridgehead atoms. The van der Waals surface area contributed by atoms with E-state index >= 15 is 0 Å². The van der Waals surface area contributed by atoms with Gasteiger partial charge in [-0.2, -0.15) is 0 Å². The van der Waals surface area contributed by atoms with Crippen LogP contribution >= 0.6 is 12.4 Å². The standard InChI is InChI=1S/C17H29N5O2.ClH/c1-13-16(20-21-22(13)14-7-10-18-11-8-14)17(23)19-9-4-12-24-15-5-2-3-6-15;/h14-15,18H,2-12H2,1H3,(H,19,23);1H. The summed E-state index contributed by atoms with van der Waals surface area (Å²) in [6.07, 6.45) is 8.28. The average molecular weight is 372 g/mol. The molecule has 1 saturated carbocycles. The van der Waals surface area contributed by atoms with Crippen LogP contribution in [0.15, 0.2) is 0 Å². The lowest BCUT2D eigenvalue weighted by atomic mass is 10.1. The molecule has 7 nitrogen and oxygen atoms in total. The van der Waals surface area contributed by atoms with Crippen molar-refractivity contribution in [1.82, 2.24) is 25.6 Å². The molecule has 142 valence electrons. The van der Waals surface area contributed by atoms with Gasteiger partial charge in [-0.15, -0.1) is 17.5 Å². The van der Waals surface area contributed by atoms with E-state index in [1.165, 1.54) is 25.7 Å². The van der Waals surface area contributed by atoms with Gasteiger partial charge in [-0.25, -0.2) is 4.68 Å². The summed E-state index contributed by atoms with van der Waals surface area (Å²) >= 11 is 0. The number of nitrogens with zero attached hydrogens (tertiary/aromatic N) is 3. The minimum Gasteiger partial charge on any atom is -0.378 e. The van der Waals surface area contributed by atoms with Crippen LogP contribution in [-0.2, 0) is 4.74 Å². The largest absolute Gasteiger partial charge is 0.378 e. The molecular formula is C17H30ClN5O2. The maximum absolute atomic E-state index is 12.3. The van der Waals surface area contributed by atoms with E-state index in [-0.39, 0.29) is 18.3 Å². The average Bonchev–Trinajstić information content (AvgIpc) is 3.25. The normalized spacial score (nSPS) is 18.9. The molecule has 1 aliphatic heterocycles. The summed E-state index contributed by atoms with van der Waals surface area (Å²) in [5, 5.41) is 14.6. The highest BCUT2D eigenvalue weighted by atomic mass is 35.5. The van der Waals surface area contributed by atoms with Crippen molar-refractivity contribution in [1.29, 1.82) is 0 Å². The quantitative estimate of drug-likeness (QED) is 0.716. The van der Waals surface area contributed by atoms with E-state index in [0.717, 1.165) is 38.0 Å². The Morgan fingerprint density at radius 3 is 2.72 bits per heavy atom. The van der Waals surface area contributed by atoms with E-state index in [0.29, 0.717) is 31.0 Å². The third-order valence-electron chi connectivity index (χ3n) is 5.06. The van der Waals surface area contributed by atoms with Crippen LogP contribution in [0.4, 0.5) is 0 Å². The van der Waals surface area contributed by atoms with Gasteiger partial charge in [-0.1, -0.05) is 18.1 Å². The summed E-state index contributed by atoms with van der Waals surface area (Å²) < 4.78 is 7.72. The lowest BCUT2D eigenvalue weighted by Crippen LogP contribution is -2.30. The molecule has 25 heavy (non-hydrogen) atoms. The summed E-state index contributed by atoms with van der Waals surface area (Å²) in [6.45, 7) is 5.25. The summed E-state index contributed by atoms with van der Waals surface area (Å²) in [4.78, 5) is 12.3. The van der Waals surface area contributed by atoms with Crippen LogP contribution in [0.2, 0.25) is 0 Å². The molecule has 0 aromatic carbocycles. The molecule has 1 amide bonds. The number of ether oxygens (including phenoxy) is 1. The molecule has 1 saturated heterocycles. The second-order valence-corrected chi connectivity index (χ2v) is 6.84. The number of aromatic nitrogens is 3. The van der Waals surface area contributed by atoms with Crippen molar-refractivity contribution in [3.63, 3.8) is 0 Å². The van der Waals surface area contributed by atoms with Crippen molar-refractivity contribution in [3.8, 4) is 0 Å². The molecule has 1 aromatic heterocycles.